The second kappa shape index (κ2) is 8.84. The summed E-state index contributed by atoms with van der Waals surface area (Å²) in [5, 5.41) is 21.7. The van der Waals surface area contributed by atoms with E-state index in [0.29, 0.717) is 11.3 Å². The number of para-hydroxylation sites is 1. The smallest absolute Gasteiger partial charge is 0.271 e. The van der Waals surface area contributed by atoms with Crippen LogP contribution in [0.4, 0.5) is 11.4 Å². The zero-order valence-electron chi connectivity index (χ0n) is 18.4. The van der Waals surface area contributed by atoms with E-state index in [2.05, 4.69) is 45.8 Å². The lowest BCUT2D eigenvalue weighted by molar-refractivity contribution is -0.213. The van der Waals surface area contributed by atoms with E-state index in [1.54, 1.807) is 11.4 Å². The first-order valence-corrected chi connectivity index (χ1v) is 12.6. The summed E-state index contributed by atoms with van der Waals surface area (Å²) in [7, 11) is -1.63. The SMILES string of the molecule is CN1/C(=C\C=N/N=C([O-])c2ccc(NS(=O)(=O)c3cccs3)cc2)C(C)(C)c2ccccc21. The van der Waals surface area contributed by atoms with Gasteiger partial charge in [0.05, 0.1) is 6.21 Å². The molecule has 7 nitrogen and oxygen atoms in total. The largest absolute Gasteiger partial charge is 0.857 e. The summed E-state index contributed by atoms with van der Waals surface area (Å²) in [6.45, 7) is 4.29. The first-order valence-electron chi connectivity index (χ1n) is 10.2. The summed E-state index contributed by atoms with van der Waals surface area (Å²) >= 11 is 1.13. The Kier molecular flexibility index (Phi) is 6.09. The van der Waals surface area contributed by atoms with Crippen molar-refractivity contribution in [3.63, 3.8) is 0 Å². The van der Waals surface area contributed by atoms with Gasteiger partial charge in [-0.3, -0.25) is 4.72 Å². The molecule has 1 aliphatic heterocycles. The Morgan fingerprint density at radius 2 is 1.82 bits per heavy atom. The fraction of sp³-hybridized carbons (Fsp3) is 0.167. The van der Waals surface area contributed by atoms with Gasteiger partial charge in [-0.05, 0) is 46.8 Å². The lowest BCUT2D eigenvalue weighted by Gasteiger charge is -2.23. The third kappa shape index (κ3) is 4.55. The van der Waals surface area contributed by atoms with Gasteiger partial charge in [0.1, 0.15) is 4.21 Å². The van der Waals surface area contributed by atoms with E-state index in [1.807, 2.05) is 25.3 Å². The molecule has 170 valence electrons. The topological polar surface area (TPSA) is 97.2 Å². The average Bonchev–Trinajstić information content (AvgIpc) is 3.40. The Morgan fingerprint density at radius 3 is 2.48 bits per heavy atom. The average molecular weight is 480 g/mol. The zero-order valence-corrected chi connectivity index (χ0v) is 20.0. The molecule has 0 amide bonds. The molecule has 2 heterocycles. The maximum atomic E-state index is 12.3. The van der Waals surface area contributed by atoms with E-state index in [0.717, 1.165) is 22.7 Å². The van der Waals surface area contributed by atoms with Gasteiger partial charge in [0.2, 0.25) is 0 Å². The molecule has 9 heteroatoms. The van der Waals surface area contributed by atoms with Crippen molar-refractivity contribution in [2.75, 3.05) is 16.7 Å². The first-order chi connectivity index (χ1) is 15.7. The van der Waals surface area contributed by atoms with Gasteiger partial charge in [0.15, 0.2) is 0 Å². The molecule has 1 N–H and O–H groups in total. The molecule has 0 radical (unpaired) electrons. The van der Waals surface area contributed by atoms with Crippen LogP contribution in [0.15, 0.2) is 92.2 Å². The van der Waals surface area contributed by atoms with Crippen molar-refractivity contribution < 1.29 is 13.5 Å². The van der Waals surface area contributed by atoms with Crippen molar-refractivity contribution in [1.82, 2.24) is 0 Å². The number of likely N-dealkylation sites (N-methyl/N-ethyl adjacent to an activating group) is 1. The highest BCUT2D eigenvalue weighted by atomic mass is 32.2. The Morgan fingerprint density at radius 1 is 1.09 bits per heavy atom. The number of anilines is 2. The number of nitrogens with zero attached hydrogens (tertiary/aromatic N) is 3. The van der Waals surface area contributed by atoms with Crippen molar-refractivity contribution in [3.05, 3.63) is 88.9 Å². The van der Waals surface area contributed by atoms with Gasteiger partial charge in [0, 0.05) is 35.4 Å². The summed E-state index contributed by atoms with van der Waals surface area (Å²) in [5.74, 6) is -0.514. The van der Waals surface area contributed by atoms with Gasteiger partial charge in [0.25, 0.3) is 10.0 Å². The Bertz CT molecular complexity index is 1340. The number of hydrogen-bond donors (Lipinski definition) is 1. The molecule has 4 rings (SSSR count). The fourth-order valence-corrected chi connectivity index (χ4v) is 5.90. The molecule has 0 aliphatic carbocycles. The van der Waals surface area contributed by atoms with Crippen LogP contribution in [0.3, 0.4) is 0 Å². The van der Waals surface area contributed by atoms with E-state index in [1.165, 1.54) is 42.1 Å². The van der Waals surface area contributed by atoms with Gasteiger partial charge >= 0.3 is 0 Å². The standard InChI is InChI=1S/C24H24N4O3S2/c1-24(2)19-7-4-5-8-20(19)28(3)21(24)14-15-25-26-23(29)17-10-12-18(13-11-17)27-33(30,31)22-9-6-16-32-22/h4-16,27H,1-3H3,(H,26,29)/p-1/b21-14-,25-15-. The quantitative estimate of drug-likeness (QED) is 0.329. The summed E-state index contributed by atoms with van der Waals surface area (Å²) in [4.78, 5) is 2.11. The Hall–Kier alpha value is -3.43. The number of hydrogen-bond acceptors (Lipinski definition) is 7. The van der Waals surface area contributed by atoms with E-state index in [9.17, 15) is 13.5 Å². The lowest BCUT2D eigenvalue weighted by Crippen LogP contribution is -2.23. The van der Waals surface area contributed by atoms with E-state index < -0.39 is 15.9 Å². The van der Waals surface area contributed by atoms with Crippen LogP contribution >= 0.6 is 11.3 Å². The van der Waals surface area contributed by atoms with Crippen LogP contribution in [0.5, 0.6) is 0 Å². The maximum Gasteiger partial charge on any atom is 0.271 e. The molecule has 0 saturated heterocycles. The van der Waals surface area contributed by atoms with Crippen LogP contribution in [-0.2, 0) is 15.4 Å². The predicted molar refractivity (Wildman–Crippen MR) is 133 cm³/mol. The van der Waals surface area contributed by atoms with Crippen LogP contribution in [0.25, 0.3) is 0 Å². The highest BCUT2D eigenvalue weighted by molar-refractivity contribution is 7.94. The highest BCUT2D eigenvalue weighted by Gasteiger charge is 2.37. The maximum absolute atomic E-state index is 12.3. The molecule has 0 spiro atoms. The normalized spacial score (nSPS) is 17.0. The summed E-state index contributed by atoms with van der Waals surface area (Å²) in [5.41, 5.74) is 3.91. The number of nitrogens with one attached hydrogen (secondary N) is 1. The fourth-order valence-electron chi connectivity index (χ4n) is 3.85. The van der Waals surface area contributed by atoms with Crippen LogP contribution in [0.1, 0.15) is 25.0 Å². The van der Waals surface area contributed by atoms with Gasteiger partial charge in [-0.15, -0.1) is 11.3 Å². The van der Waals surface area contributed by atoms with Crippen molar-refractivity contribution >= 4 is 44.8 Å². The third-order valence-electron chi connectivity index (χ3n) is 5.53. The zero-order chi connectivity index (χ0) is 23.6. The van der Waals surface area contributed by atoms with Crippen LogP contribution in [-0.4, -0.2) is 27.6 Å². The molecule has 1 aliphatic rings. The van der Waals surface area contributed by atoms with Crippen LogP contribution < -0.4 is 14.7 Å². The molecule has 0 unspecified atom stereocenters. The van der Waals surface area contributed by atoms with Crippen LogP contribution in [0.2, 0.25) is 0 Å². The van der Waals surface area contributed by atoms with Crippen molar-refractivity contribution in [3.8, 4) is 0 Å². The highest BCUT2D eigenvalue weighted by Crippen LogP contribution is 2.46. The van der Waals surface area contributed by atoms with E-state index >= 15 is 0 Å². The minimum Gasteiger partial charge on any atom is -0.857 e. The van der Waals surface area contributed by atoms with Crippen LogP contribution in [0, 0.1) is 0 Å². The third-order valence-corrected chi connectivity index (χ3v) is 8.31. The number of benzene rings is 2. The first kappa shape index (κ1) is 22.8. The van der Waals surface area contributed by atoms with E-state index in [-0.39, 0.29) is 9.62 Å². The molecule has 3 aromatic rings. The monoisotopic (exact) mass is 479 g/mol. The molecule has 2 aromatic carbocycles. The van der Waals surface area contributed by atoms with Gasteiger partial charge < -0.3 is 10.0 Å². The molecule has 0 atom stereocenters. The van der Waals surface area contributed by atoms with E-state index in [4.69, 9.17) is 0 Å². The minimum atomic E-state index is -3.64. The molecule has 33 heavy (non-hydrogen) atoms. The minimum absolute atomic E-state index is 0.187. The number of rotatable bonds is 6. The van der Waals surface area contributed by atoms with Gasteiger partial charge in [-0.2, -0.15) is 10.2 Å². The number of sulfonamides is 1. The molecular formula is C24H23N4O3S2-. The molecule has 0 saturated carbocycles. The summed E-state index contributed by atoms with van der Waals surface area (Å²) in [6.07, 6.45) is 3.38. The second-order valence-electron chi connectivity index (χ2n) is 8.04. The summed E-state index contributed by atoms with van der Waals surface area (Å²) in [6, 6.07) is 17.5. The predicted octanol–water partition coefficient (Wildman–Crippen LogP) is 3.95. The Labute approximate surface area is 197 Å². The lowest BCUT2D eigenvalue weighted by atomic mass is 9.84. The van der Waals surface area contributed by atoms with Crippen molar-refractivity contribution in [2.24, 2.45) is 10.2 Å². The Balaban J connectivity index is 1.45. The van der Waals surface area contributed by atoms with Gasteiger partial charge in [-0.25, -0.2) is 8.42 Å². The number of thiophene rings is 1. The summed E-state index contributed by atoms with van der Waals surface area (Å²) < 4.78 is 27.3. The van der Waals surface area contributed by atoms with Crippen molar-refractivity contribution in [1.29, 1.82) is 0 Å². The number of allylic oxidation sites excluding steroid dienone is 2. The number of fused-ring (bicyclic) bond motifs is 1. The van der Waals surface area contributed by atoms with Crippen molar-refractivity contribution in [2.45, 2.75) is 23.5 Å². The molecule has 0 bridgehead atoms. The molecule has 1 aromatic heterocycles. The molecular weight excluding hydrogens is 456 g/mol. The van der Waals surface area contributed by atoms with Gasteiger partial charge in [-0.1, -0.05) is 50.2 Å². The second-order valence-corrected chi connectivity index (χ2v) is 10.9. The molecule has 0 fully saturated rings.